The minimum Gasteiger partial charge on any atom is -0.423 e. The first kappa shape index (κ1) is 70.5. The van der Waals surface area contributed by atoms with Gasteiger partial charge in [0.15, 0.2) is 12.0 Å². The molecule has 6 heterocycles. The number of unbranched alkanes of at least 4 members (excludes halogenated alkanes) is 1. The van der Waals surface area contributed by atoms with Crippen LogP contribution in [0, 0.1) is 0 Å². The average Bonchev–Trinajstić information content (AvgIpc) is 0.745. The van der Waals surface area contributed by atoms with E-state index >= 15 is 0 Å². The number of carbonyl (C=O) groups excluding carboxylic acids is 2. The molecule has 0 atom stereocenters. The molecular weight excluding hydrogens is 1260 g/mol. The Morgan fingerprint density at radius 1 is 0.468 bits per heavy atom. The molecule has 0 aliphatic rings. The summed E-state index contributed by atoms with van der Waals surface area (Å²) in [6.45, 7) is 14.6. The van der Waals surface area contributed by atoms with Crippen LogP contribution in [0.1, 0.15) is 61.8 Å². The van der Waals surface area contributed by atoms with Gasteiger partial charge in [-0.2, -0.15) is 4.57 Å². The molecule has 11 aromatic rings. The van der Waals surface area contributed by atoms with Crippen LogP contribution in [-0.4, -0.2) is 100 Å². The zero-order chi connectivity index (χ0) is 65.5. The molecule has 6 aromatic heterocycles. The minimum atomic E-state index is -1.64. The van der Waals surface area contributed by atoms with E-state index in [-0.39, 0.29) is 31.2 Å². The second-order valence-electron chi connectivity index (χ2n) is 22.9. The summed E-state index contributed by atoms with van der Waals surface area (Å²) in [4.78, 5) is 51.6. The third-order valence-electron chi connectivity index (χ3n) is 16.0. The Bertz CT molecular complexity index is 4250. The van der Waals surface area contributed by atoms with Crippen molar-refractivity contribution in [3.63, 3.8) is 0 Å². The summed E-state index contributed by atoms with van der Waals surface area (Å²) in [5.74, 6) is -0.144. The normalized spacial score (nSPS) is 10.8. The van der Waals surface area contributed by atoms with Gasteiger partial charge >= 0.3 is 33.7 Å². The number of nitrogens with one attached hydrogen (secondary N) is 1. The number of nitrogens with zero attached hydrogens (tertiary/aromatic N) is 8. The Hall–Kier alpha value is -9.35. The molecule has 0 fully saturated rings. The minimum absolute atomic E-state index is 0. The number of hydrogen-bond donors (Lipinski definition) is 5. The first-order valence-electron chi connectivity index (χ1n) is 31.2. The largest absolute Gasteiger partial charge is 2.00 e. The second kappa shape index (κ2) is 35.6. The maximum atomic E-state index is 12.6. The van der Waals surface area contributed by atoms with Gasteiger partial charge in [0.05, 0.1) is 22.8 Å². The molecule has 11 rings (SSSR count). The SMILES string of the molecule is C=C(C)C(=O)CCCCN(Cc1ccccc1B(O)O)Cc1c2ccccc2c(CN(CCCNC(=O)C(=C)C)Cc2ccccc2B(O)O)c2ccc(-c3ccnc(-c4ccccn4)c3)cc12.C[n+]1ccccc1-c1ccccn1.[Ru+2].c1ccc(-c2ccccn2)nc1. The second-order valence-corrected chi connectivity index (χ2v) is 22.9. The molecule has 0 aliphatic carbocycles. The molecule has 5 N–H and O–H groups in total. The van der Waals surface area contributed by atoms with Gasteiger partial charge in [-0.25, -0.2) is 4.98 Å². The van der Waals surface area contributed by atoms with Gasteiger partial charge in [0.25, 0.3) is 0 Å². The van der Waals surface area contributed by atoms with Crippen molar-refractivity contribution in [2.24, 2.45) is 7.05 Å². The fourth-order valence-corrected chi connectivity index (χ4v) is 11.2. The van der Waals surface area contributed by atoms with Crippen LogP contribution in [0.3, 0.4) is 0 Å². The van der Waals surface area contributed by atoms with Crippen LogP contribution in [0.5, 0.6) is 0 Å². The van der Waals surface area contributed by atoms with Crippen LogP contribution in [0.4, 0.5) is 0 Å². The zero-order valence-corrected chi connectivity index (χ0v) is 55.1. The summed E-state index contributed by atoms with van der Waals surface area (Å²) < 4.78 is 2.06. The van der Waals surface area contributed by atoms with Gasteiger partial charge in [0, 0.05) is 94.4 Å². The standard InChI is InChI=1S/C55H59B2N5O6.C11H11N2.C10H8N2.Ru/c1-38(2)54(63)23-12-14-30-61(34-42-16-5-9-20-50(42)56(65)66)37-49-45-19-8-7-18-44(45)48(36-62(31-15-28-60-55(64)39(3)4)35-43-17-6-10-21-51(43)57(67)68)46-25-24-40(32-47(46)49)41-26-29-59-53(33-41)52-22-11-13-27-58-52;1-13-9-5-3-7-11(13)10-6-2-4-8-12-10;1-3-7-11-9(5-1)10-6-2-4-8-12-10;/h5-11,13,16-22,24-27,29,32-33,65-68H,1,3,12,14-15,23,28,30-31,34-37H2,2,4H3,(H,60,64);2-9H,1H3;1-8H;/q;+1;;+2. The first-order chi connectivity index (χ1) is 45.2. The predicted octanol–water partition coefficient (Wildman–Crippen LogP) is 10.6. The molecule has 0 saturated carbocycles. The van der Waals surface area contributed by atoms with Crippen LogP contribution < -0.4 is 20.8 Å². The molecule has 94 heavy (non-hydrogen) atoms. The predicted molar refractivity (Wildman–Crippen MR) is 373 cm³/mol. The number of fused-ring (bicyclic) bond motifs is 2. The maximum absolute atomic E-state index is 12.6. The van der Waals surface area contributed by atoms with Gasteiger partial charge < -0.3 is 25.4 Å². The maximum Gasteiger partial charge on any atom is 2.00 e. The Kier molecular flexibility index (Phi) is 26.7. The number of carbonyl (C=O) groups is 2. The van der Waals surface area contributed by atoms with Gasteiger partial charge in [-0.15, -0.1) is 0 Å². The van der Waals surface area contributed by atoms with Crippen molar-refractivity contribution in [2.45, 2.75) is 65.7 Å². The van der Waals surface area contributed by atoms with E-state index in [4.69, 9.17) is 0 Å². The molecule has 0 aliphatic heterocycles. The summed E-state index contributed by atoms with van der Waals surface area (Å²) in [5.41, 5.74) is 13.1. The summed E-state index contributed by atoms with van der Waals surface area (Å²) in [5, 5.41) is 48.9. The number of allylic oxidation sites excluding steroid dienone is 1. The number of Topliss-reactive ketones (excluding diaryl/α,β-unsaturated/α-hetero) is 1. The average molecular weight is 1340 g/mol. The first-order valence-corrected chi connectivity index (χ1v) is 31.2. The van der Waals surface area contributed by atoms with Gasteiger partial charge in [-0.3, -0.25) is 39.3 Å². The third kappa shape index (κ3) is 19.6. The van der Waals surface area contributed by atoms with Crippen molar-refractivity contribution in [1.29, 1.82) is 0 Å². The molecule has 474 valence electrons. The van der Waals surface area contributed by atoms with Crippen LogP contribution in [0.2, 0.25) is 0 Å². The Balaban J connectivity index is 0.000000357. The monoisotopic (exact) mass is 1340 g/mol. The summed E-state index contributed by atoms with van der Waals surface area (Å²) in [7, 11) is -1.26. The van der Waals surface area contributed by atoms with Crippen molar-refractivity contribution in [2.75, 3.05) is 19.6 Å². The van der Waals surface area contributed by atoms with Crippen molar-refractivity contribution in [3.8, 4) is 45.3 Å². The van der Waals surface area contributed by atoms with E-state index in [9.17, 15) is 29.7 Å². The number of pyridine rings is 6. The number of aryl methyl sites for hydroxylation is 1. The van der Waals surface area contributed by atoms with Crippen LogP contribution in [0.15, 0.2) is 256 Å². The van der Waals surface area contributed by atoms with Gasteiger partial charge in [-0.1, -0.05) is 122 Å². The summed E-state index contributed by atoms with van der Waals surface area (Å²) in [6, 6.07) is 63.2. The summed E-state index contributed by atoms with van der Waals surface area (Å²) >= 11 is 0. The van der Waals surface area contributed by atoms with E-state index < -0.39 is 14.2 Å². The Morgan fingerprint density at radius 2 is 0.926 bits per heavy atom. The quantitative estimate of drug-likeness (QED) is 0.0119. The van der Waals surface area contributed by atoms with Gasteiger partial charge in [-0.05, 0) is 184 Å². The van der Waals surface area contributed by atoms with Crippen molar-refractivity contribution in [3.05, 3.63) is 278 Å². The fraction of sp³-hybridized carbons (Fsp3) is 0.184. The van der Waals surface area contributed by atoms with E-state index in [2.05, 4.69) is 112 Å². The van der Waals surface area contributed by atoms with Crippen molar-refractivity contribution >= 4 is 58.4 Å². The van der Waals surface area contributed by atoms with Crippen molar-refractivity contribution < 1.29 is 53.7 Å². The molecule has 18 heteroatoms. The molecule has 5 aromatic carbocycles. The van der Waals surface area contributed by atoms with E-state index in [0.717, 1.165) is 95.5 Å². The number of benzene rings is 5. The van der Waals surface area contributed by atoms with Gasteiger partial charge in [0.2, 0.25) is 11.6 Å². The molecule has 0 unspecified atom stereocenters. The Labute approximate surface area is 564 Å². The van der Waals surface area contributed by atoms with E-state index in [0.29, 0.717) is 87.1 Å². The number of rotatable bonds is 25. The number of aromatic nitrogens is 6. The van der Waals surface area contributed by atoms with Crippen LogP contribution in [-0.2, 0) is 62.3 Å². The summed E-state index contributed by atoms with van der Waals surface area (Å²) in [6.07, 6.45) is 13.4. The fourth-order valence-electron chi connectivity index (χ4n) is 11.2. The number of hydrogen-bond acceptors (Lipinski definition) is 13. The van der Waals surface area contributed by atoms with Crippen LogP contribution in [0.25, 0.3) is 66.8 Å². The molecule has 1 amide bonds. The molecule has 0 spiro atoms. The molecule has 0 saturated heterocycles. The van der Waals surface area contributed by atoms with Crippen LogP contribution >= 0.6 is 0 Å². The topological polar surface area (TPSA) is 202 Å². The van der Waals surface area contributed by atoms with E-state index in [1.807, 2.05) is 141 Å². The molecule has 15 nitrogen and oxygen atoms in total. The molecular formula is C76H78B2N9O6Ru+3. The third-order valence-corrected chi connectivity index (χ3v) is 16.0. The van der Waals surface area contributed by atoms with E-state index in [1.165, 1.54) is 0 Å². The molecule has 0 bridgehead atoms. The smallest absolute Gasteiger partial charge is 0.423 e. The Morgan fingerprint density at radius 3 is 1.44 bits per heavy atom. The van der Waals surface area contributed by atoms with Crippen molar-refractivity contribution in [1.82, 2.24) is 40.0 Å². The number of amides is 1. The number of ketones is 1. The van der Waals surface area contributed by atoms with E-state index in [1.54, 1.807) is 56.7 Å². The molecule has 0 radical (unpaired) electrons. The zero-order valence-electron chi connectivity index (χ0n) is 53.3. The van der Waals surface area contributed by atoms with Gasteiger partial charge in [0.1, 0.15) is 12.7 Å².